The van der Waals surface area contributed by atoms with Crippen molar-refractivity contribution in [2.45, 2.75) is 77.3 Å². The molecule has 0 aromatic carbocycles. The molecule has 1 saturated carbocycles. The summed E-state index contributed by atoms with van der Waals surface area (Å²) in [7, 11) is 0. The van der Waals surface area contributed by atoms with Gasteiger partial charge in [0.25, 0.3) is 0 Å². The van der Waals surface area contributed by atoms with E-state index in [-0.39, 0.29) is 70.8 Å². The number of carboxylic acids is 2. The molecule has 23 heavy (non-hydrogen) atoms. The Morgan fingerprint density at radius 3 is 1.22 bits per heavy atom. The van der Waals surface area contributed by atoms with Crippen molar-refractivity contribution in [3.05, 3.63) is 0 Å². The first-order valence-corrected chi connectivity index (χ1v) is 7.25. The Kier molecular flexibility index (Phi) is 36.5. The summed E-state index contributed by atoms with van der Waals surface area (Å²) in [5, 5.41) is 19.0. The molecule has 0 amide bonds. The normalized spacial score (nSPS) is 18.1. The topological polar surface area (TPSA) is 132 Å². The number of hydrogen-bond acceptors (Lipinski definition) is 6. The Morgan fingerprint density at radius 1 is 0.870 bits per heavy atom. The monoisotopic (exact) mass is 553 g/mol. The Labute approximate surface area is 166 Å². The van der Waals surface area contributed by atoms with E-state index in [2.05, 4.69) is 0 Å². The zero-order valence-electron chi connectivity index (χ0n) is 13.7. The van der Waals surface area contributed by atoms with Crippen LogP contribution in [-0.4, -0.2) is 24.0 Å². The summed E-state index contributed by atoms with van der Waals surface area (Å²) in [6.07, 6.45) is 6.50. The first kappa shape index (κ1) is 34.5. The minimum atomic E-state index is -0.961. The van der Waals surface area contributed by atoms with Crippen LogP contribution in [0.25, 0.3) is 0 Å². The molecule has 2 atom stereocenters. The van der Waals surface area contributed by atoms with Gasteiger partial charge in [-0.2, -0.15) is 0 Å². The Balaban J connectivity index is -0.0000000673. The average molecular weight is 554 g/mol. The standard InChI is InChI=1S/C6H14N2.2C4H8O2.2ClH.Pt/c7-5-3-1-2-4-6(5)8;2*1-2-3-4(5)6;;;/h5-6H,1-4,7-8H2;2*2-3H2,1H3,(H,5,6);2*1H;/q;;;;;+4/p-4/t5-,6-;;;;;/m1...../s1. The molecule has 1 rings (SSSR count). The van der Waals surface area contributed by atoms with Crippen LogP contribution < -0.4 is 46.5 Å². The second kappa shape index (κ2) is 24.4. The Hall–Kier alpha value is 0.128. The number of rotatable bonds is 4. The number of carbonyl (C=O) groups is 2. The molecule has 1 fully saturated rings. The van der Waals surface area contributed by atoms with Gasteiger partial charge in [-0.1, -0.05) is 39.5 Å². The summed E-state index contributed by atoms with van der Waals surface area (Å²) in [4.78, 5) is 19.0. The molecule has 0 spiro atoms. The summed E-state index contributed by atoms with van der Waals surface area (Å²) >= 11 is 0. The number of aliphatic carboxylic acids is 2. The molecular formula is C14H28Cl2N2O4Pt. The van der Waals surface area contributed by atoms with Gasteiger partial charge in [-0.3, -0.25) is 0 Å². The van der Waals surface area contributed by atoms with Crippen molar-refractivity contribution in [3.63, 3.8) is 0 Å². The number of hydrogen-bond donors (Lipinski definition) is 2. The second-order valence-corrected chi connectivity index (χ2v) is 4.86. The van der Waals surface area contributed by atoms with Gasteiger partial charge in [-0.05, 0) is 25.7 Å². The fourth-order valence-electron chi connectivity index (χ4n) is 1.60. The van der Waals surface area contributed by atoms with E-state index in [1.54, 1.807) is 13.8 Å². The number of nitrogens with two attached hydrogens (primary N) is 2. The van der Waals surface area contributed by atoms with Crippen molar-refractivity contribution in [1.82, 2.24) is 0 Å². The molecule has 9 heteroatoms. The van der Waals surface area contributed by atoms with Gasteiger partial charge >= 0.3 is 21.1 Å². The van der Waals surface area contributed by atoms with E-state index in [1.807, 2.05) is 0 Å². The molecule has 0 bridgehead atoms. The molecule has 142 valence electrons. The third-order valence-corrected chi connectivity index (χ3v) is 2.78. The Morgan fingerprint density at radius 2 is 1.13 bits per heavy atom. The molecule has 0 aromatic rings. The van der Waals surface area contributed by atoms with Gasteiger partial charge in [0, 0.05) is 24.0 Å². The Bertz CT molecular complexity index is 249. The summed E-state index contributed by atoms with van der Waals surface area (Å²) in [6, 6.07) is 0.562. The molecule has 0 radical (unpaired) electrons. The fraction of sp³-hybridized carbons (Fsp3) is 0.857. The van der Waals surface area contributed by atoms with Crippen molar-refractivity contribution in [2.24, 2.45) is 11.5 Å². The van der Waals surface area contributed by atoms with Crippen LogP contribution in [0.2, 0.25) is 0 Å². The first-order valence-electron chi connectivity index (χ1n) is 7.25. The number of carbonyl (C=O) groups excluding carboxylic acids is 2. The van der Waals surface area contributed by atoms with Crippen LogP contribution >= 0.6 is 0 Å². The molecule has 6 nitrogen and oxygen atoms in total. The smallest absolute Gasteiger partial charge is 1.00 e. The SMILES string of the molecule is CCCC(=O)[O-].CCCC(=O)[O-].N[C@@H]1CCCC[C@H]1N.[Cl-].[Cl-].[Pt+4]. The van der Waals surface area contributed by atoms with E-state index in [4.69, 9.17) is 11.5 Å². The first-order chi connectivity index (χ1) is 9.34. The van der Waals surface area contributed by atoms with Crippen LogP contribution in [0, 0.1) is 0 Å². The van der Waals surface area contributed by atoms with Crippen molar-refractivity contribution < 1.29 is 65.7 Å². The molecule has 0 aromatic heterocycles. The quantitative estimate of drug-likeness (QED) is 0.355. The predicted molar refractivity (Wildman–Crippen MR) is 74.2 cm³/mol. The number of carboxylic acid groups (broad SMARTS) is 2. The van der Waals surface area contributed by atoms with Gasteiger partial charge < -0.3 is 56.1 Å². The van der Waals surface area contributed by atoms with E-state index in [9.17, 15) is 19.8 Å². The maximum Gasteiger partial charge on any atom is 4.00 e. The molecule has 0 unspecified atom stereocenters. The van der Waals surface area contributed by atoms with Gasteiger partial charge in [-0.25, -0.2) is 0 Å². The molecule has 0 saturated heterocycles. The van der Waals surface area contributed by atoms with Crippen molar-refractivity contribution in [2.75, 3.05) is 0 Å². The maximum absolute atomic E-state index is 9.49. The fourth-order valence-corrected chi connectivity index (χ4v) is 1.60. The number of halogens is 2. The predicted octanol–water partition coefficient (Wildman–Crippen LogP) is -6.71. The van der Waals surface area contributed by atoms with Crippen LogP contribution in [0.4, 0.5) is 0 Å². The van der Waals surface area contributed by atoms with Crippen LogP contribution in [0.1, 0.15) is 65.2 Å². The van der Waals surface area contributed by atoms with Crippen molar-refractivity contribution in [3.8, 4) is 0 Å². The summed E-state index contributed by atoms with van der Waals surface area (Å²) in [5.74, 6) is -1.92. The van der Waals surface area contributed by atoms with Crippen molar-refractivity contribution in [1.29, 1.82) is 0 Å². The second-order valence-electron chi connectivity index (χ2n) is 4.86. The van der Waals surface area contributed by atoms with Gasteiger partial charge in [0.15, 0.2) is 0 Å². The maximum atomic E-state index is 9.49. The average Bonchev–Trinajstić information content (AvgIpc) is 2.34. The molecule has 0 aliphatic heterocycles. The van der Waals surface area contributed by atoms with Crippen LogP contribution in [0.3, 0.4) is 0 Å². The van der Waals surface area contributed by atoms with E-state index < -0.39 is 11.9 Å². The summed E-state index contributed by atoms with van der Waals surface area (Å²) in [6.45, 7) is 3.60. The van der Waals surface area contributed by atoms with Crippen LogP contribution in [0.15, 0.2) is 0 Å². The van der Waals surface area contributed by atoms with E-state index in [0.29, 0.717) is 12.8 Å². The minimum Gasteiger partial charge on any atom is -1.00 e. The van der Waals surface area contributed by atoms with Gasteiger partial charge in [0.1, 0.15) is 0 Å². The van der Waals surface area contributed by atoms with Crippen molar-refractivity contribution >= 4 is 11.9 Å². The van der Waals surface area contributed by atoms with Crippen LogP contribution in [-0.2, 0) is 30.7 Å². The van der Waals surface area contributed by atoms with E-state index in [0.717, 1.165) is 12.8 Å². The summed E-state index contributed by atoms with van der Waals surface area (Å²) < 4.78 is 0. The molecule has 4 N–H and O–H groups in total. The third kappa shape index (κ3) is 30.6. The minimum absolute atomic E-state index is 0. The summed E-state index contributed by atoms with van der Waals surface area (Å²) in [5.41, 5.74) is 11.3. The zero-order valence-corrected chi connectivity index (χ0v) is 17.5. The van der Waals surface area contributed by atoms with Gasteiger partial charge in [0.2, 0.25) is 0 Å². The largest absolute Gasteiger partial charge is 4.00 e. The van der Waals surface area contributed by atoms with Gasteiger partial charge in [0.05, 0.1) is 0 Å². The molecule has 0 heterocycles. The third-order valence-electron chi connectivity index (χ3n) is 2.78. The van der Waals surface area contributed by atoms with Gasteiger partial charge in [-0.15, -0.1) is 0 Å². The molecule has 1 aliphatic rings. The molecular weight excluding hydrogens is 526 g/mol. The molecule has 1 aliphatic carbocycles. The van der Waals surface area contributed by atoms with E-state index >= 15 is 0 Å². The van der Waals surface area contributed by atoms with E-state index in [1.165, 1.54) is 12.8 Å². The zero-order chi connectivity index (χ0) is 16.0. The van der Waals surface area contributed by atoms with Crippen LogP contribution in [0.5, 0.6) is 0 Å².